The Morgan fingerprint density at radius 2 is 1.77 bits per heavy atom. The van der Waals surface area contributed by atoms with Crippen molar-refractivity contribution in [3.8, 4) is 11.5 Å². The van der Waals surface area contributed by atoms with E-state index in [2.05, 4.69) is 15.6 Å². The Morgan fingerprint density at radius 1 is 1.03 bits per heavy atom. The van der Waals surface area contributed by atoms with Crippen LogP contribution in [0, 0.1) is 5.82 Å². The van der Waals surface area contributed by atoms with Crippen LogP contribution in [0.2, 0.25) is 0 Å². The molecule has 204 valence electrons. The quantitative estimate of drug-likeness (QED) is 0.318. The van der Waals surface area contributed by atoms with Gasteiger partial charge in [0.2, 0.25) is 11.8 Å². The number of anilines is 1. The average molecular weight is 534 g/mol. The van der Waals surface area contributed by atoms with Gasteiger partial charge in [0.15, 0.2) is 11.5 Å². The summed E-state index contributed by atoms with van der Waals surface area (Å²) in [5, 5.41) is 11.3. The van der Waals surface area contributed by atoms with Crippen LogP contribution in [0.25, 0.3) is 11.0 Å². The van der Waals surface area contributed by atoms with Crippen molar-refractivity contribution in [2.75, 3.05) is 19.1 Å². The second-order valence-corrected chi connectivity index (χ2v) is 9.72. The molecule has 9 nitrogen and oxygen atoms in total. The number of nitrogens with zero attached hydrogens (tertiary/aromatic N) is 4. The highest BCUT2D eigenvalue weighted by Crippen LogP contribution is 2.35. The Balaban J connectivity index is 1.87. The molecule has 0 saturated heterocycles. The predicted molar refractivity (Wildman–Crippen MR) is 146 cm³/mol. The van der Waals surface area contributed by atoms with E-state index in [1.165, 1.54) is 42.0 Å². The highest BCUT2D eigenvalue weighted by atomic mass is 19.1. The van der Waals surface area contributed by atoms with Gasteiger partial charge in [0.25, 0.3) is 0 Å². The maximum Gasteiger partial charge on any atom is 0.249 e. The fourth-order valence-corrected chi connectivity index (χ4v) is 4.23. The molecule has 1 heterocycles. The van der Waals surface area contributed by atoms with Gasteiger partial charge in [0.05, 0.1) is 19.7 Å². The Bertz CT molecular complexity index is 1490. The largest absolute Gasteiger partial charge is 0.493 e. The van der Waals surface area contributed by atoms with Gasteiger partial charge in [-0.2, -0.15) is 0 Å². The third kappa shape index (κ3) is 6.00. The number of para-hydroxylation sites is 1. The summed E-state index contributed by atoms with van der Waals surface area (Å²) in [4.78, 5) is 29.4. The SMILES string of the molecule is CCC(C)(C)NC(=O)C(c1ccc(OC)c(OC)c1)N(C(=O)Cn1nnc2ccccc21)c1cccc(F)c1. The van der Waals surface area contributed by atoms with E-state index in [-0.39, 0.29) is 12.2 Å². The minimum absolute atomic E-state index is 0.216. The number of hydrogen-bond acceptors (Lipinski definition) is 6. The summed E-state index contributed by atoms with van der Waals surface area (Å²) in [5.74, 6) is -0.615. The molecule has 1 atom stereocenters. The molecule has 0 saturated carbocycles. The molecule has 0 aliphatic carbocycles. The number of halogens is 1. The molecule has 4 rings (SSSR count). The van der Waals surface area contributed by atoms with Crippen LogP contribution < -0.4 is 19.7 Å². The van der Waals surface area contributed by atoms with Crippen molar-refractivity contribution in [2.24, 2.45) is 0 Å². The van der Waals surface area contributed by atoms with E-state index in [1.54, 1.807) is 36.4 Å². The van der Waals surface area contributed by atoms with E-state index in [9.17, 15) is 14.0 Å². The molecule has 0 bridgehead atoms. The molecule has 0 fully saturated rings. The first-order chi connectivity index (χ1) is 18.7. The van der Waals surface area contributed by atoms with Gasteiger partial charge in [-0.05, 0) is 68.3 Å². The van der Waals surface area contributed by atoms with Crippen LogP contribution in [0.5, 0.6) is 11.5 Å². The van der Waals surface area contributed by atoms with E-state index < -0.39 is 29.2 Å². The van der Waals surface area contributed by atoms with Gasteiger partial charge < -0.3 is 14.8 Å². The average Bonchev–Trinajstić information content (AvgIpc) is 3.33. The van der Waals surface area contributed by atoms with Crippen LogP contribution >= 0.6 is 0 Å². The lowest BCUT2D eigenvalue weighted by Gasteiger charge is -2.34. The number of carbonyl (C=O) groups is 2. The van der Waals surface area contributed by atoms with E-state index in [4.69, 9.17) is 9.47 Å². The number of nitrogens with one attached hydrogen (secondary N) is 1. The standard InChI is InChI=1S/C29H32FN5O4/c1-6-29(2,3)31-28(37)27(19-14-15-24(38-4)25(16-19)39-5)35(21-11-9-10-20(30)17-21)26(36)18-34-23-13-8-7-12-22(23)32-33-34/h7-17,27H,6,18H2,1-5H3,(H,31,37). The molecule has 0 aliphatic heterocycles. The number of ether oxygens (including phenoxy) is 2. The predicted octanol–water partition coefficient (Wildman–Crippen LogP) is 4.67. The fourth-order valence-electron chi connectivity index (χ4n) is 4.23. The van der Waals surface area contributed by atoms with Crippen LogP contribution in [0.1, 0.15) is 38.8 Å². The maximum atomic E-state index is 14.5. The van der Waals surface area contributed by atoms with Gasteiger partial charge in [-0.3, -0.25) is 14.5 Å². The monoisotopic (exact) mass is 533 g/mol. The summed E-state index contributed by atoms with van der Waals surface area (Å²) >= 11 is 0. The third-order valence-corrected chi connectivity index (χ3v) is 6.64. The molecule has 0 radical (unpaired) electrons. The lowest BCUT2D eigenvalue weighted by molar-refractivity contribution is -0.128. The Kier molecular flexibility index (Phi) is 8.13. The van der Waals surface area contributed by atoms with Crippen LogP contribution in [-0.2, 0) is 16.1 Å². The Labute approximate surface area is 226 Å². The molecule has 1 N–H and O–H groups in total. The van der Waals surface area contributed by atoms with Crippen molar-refractivity contribution < 1.29 is 23.5 Å². The molecule has 10 heteroatoms. The summed E-state index contributed by atoms with van der Waals surface area (Å²) in [7, 11) is 3.00. The first-order valence-electron chi connectivity index (χ1n) is 12.6. The minimum atomic E-state index is -1.17. The second-order valence-electron chi connectivity index (χ2n) is 9.72. The molecular formula is C29H32FN5O4. The van der Waals surface area contributed by atoms with Gasteiger partial charge in [0, 0.05) is 11.2 Å². The Morgan fingerprint density at radius 3 is 2.46 bits per heavy atom. The van der Waals surface area contributed by atoms with E-state index in [0.29, 0.717) is 34.5 Å². The van der Waals surface area contributed by atoms with E-state index >= 15 is 0 Å². The lowest BCUT2D eigenvalue weighted by Crippen LogP contribution is -2.51. The minimum Gasteiger partial charge on any atom is -0.493 e. The van der Waals surface area contributed by atoms with Crippen LogP contribution in [0.3, 0.4) is 0 Å². The van der Waals surface area contributed by atoms with Crippen molar-refractivity contribution in [3.63, 3.8) is 0 Å². The number of carbonyl (C=O) groups excluding carboxylic acids is 2. The second kappa shape index (κ2) is 11.5. The summed E-state index contributed by atoms with van der Waals surface area (Å²) in [6, 6.07) is 16.7. The number of methoxy groups -OCH3 is 2. The number of hydrogen-bond donors (Lipinski definition) is 1. The van der Waals surface area contributed by atoms with Gasteiger partial charge in [-0.1, -0.05) is 36.4 Å². The zero-order valence-corrected chi connectivity index (χ0v) is 22.6. The third-order valence-electron chi connectivity index (χ3n) is 6.64. The van der Waals surface area contributed by atoms with E-state index in [1.807, 2.05) is 32.9 Å². The number of rotatable bonds is 10. The van der Waals surface area contributed by atoms with Crippen LogP contribution in [0.15, 0.2) is 66.7 Å². The summed E-state index contributed by atoms with van der Waals surface area (Å²) in [6.45, 7) is 5.52. The van der Waals surface area contributed by atoms with Crippen molar-refractivity contribution in [3.05, 3.63) is 78.1 Å². The molecule has 3 aromatic carbocycles. The maximum absolute atomic E-state index is 14.5. The van der Waals surface area contributed by atoms with Gasteiger partial charge in [0.1, 0.15) is 23.9 Å². The summed E-state index contributed by atoms with van der Waals surface area (Å²) in [6.07, 6.45) is 0.649. The highest BCUT2D eigenvalue weighted by molar-refractivity contribution is 6.01. The molecule has 1 aromatic heterocycles. The fraction of sp³-hybridized carbons (Fsp3) is 0.310. The van der Waals surface area contributed by atoms with Crippen molar-refractivity contribution in [2.45, 2.75) is 45.3 Å². The van der Waals surface area contributed by atoms with Gasteiger partial charge in [-0.25, -0.2) is 9.07 Å². The zero-order valence-electron chi connectivity index (χ0n) is 22.6. The van der Waals surface area contributed by atoms with Gasteiger partial charge >= 0.3 is 0 Å². The van der Waals surface area contributed by atoms with E-state index in [0.717, 1.165) is 0 Å². The van der Waals surface area contributed by atoms with Crippen LogP contribution in [-0.4, -0.2) is 46.6 Å². The number of fused-ring (bicyclic) bond motifs is 1. The van der Waals surface area contributed by atoms with Crippen molar-refractivity contribution in [1.82, 2.24) is 20.3 Å². The first kappa shape index (κ1) is 27.6. The van der Waals surface area contributed by atoms with Gasteiger partial charge in [-0.15, -0.1) is 5.10 Å². The van der Waals surface area contributed by atoms with Crippen molar-refractivity contribution >= 4 is 28.5 Å². The first-order valence-corrected chi connectivity index (χ1v) is 12.6. The van der Waals surface area contributed by atoms with Crippen LogP contribution in [0.4, 0.5) is 10.1 Å². The summed E-state index contributed by atoms with van der Waals surface area (Å²) in [5.41, 5.74) is 1.39. The highest BCUT2D eigenvalue weighted by Gasteiger charge is 2.36. The zero-order chi connectivity index (χ0) is 28.2. The number of benzene rings is 3. The van der Waals surface area contributed by atoms with Crippen molar-refractivity contribution in [1.29, 1.82) is 0 Å². The molecule has 39 heavy (non-hydrogen) atoms. The molecule has 0 spiro atoms. The molecular weight excluding hydrogens is 501 g/mol. The smallest absolute Gasteiger partial charge is 0.249 e. The molecule has 0 aliphatic rings. The number of amides is 2. The number of aromatic nitrogens is 3. The summed E-state index contributed by atoms with van der Waals surface area (Å²) < 4.78 is 26.8. The topological polar surface area (TPSA) is 98.6 Å². The Hall–Kier alpha value is -4.47. The molecule has 1 unspecified atom stereocenters. The lowest BCUT2D eigenvalue weighted by atomic mass is 9.98. The molecule has 2 amide bonds. The molecule has 4 aromatic rings. The normalized spacial score (nSPS) is 12.2.